The number of aliphatic hydroxyl groups is 6. The first-order valence-electron chi connectivity index (χ1n) is 19.8. The fraction of sp³-hybridized carbons (Fsp3) is 0.925. The Bertz CT molecular complexity index is 1380. The van der Waals surface area contributed by atoms with Crippen LogP contribution in [0.25, 0.3) is 0 Å². The summed E-state index contributed by atoms with van der Waals surface area (Å²) < 4.78 is 24.4. The number of hydrogen-bond acceptors (Lipinski definition) is 11. The van der Waals surface area contributed by atoms with Crippen LogP contribution in [0.3, 0.4) is 0 Å². The molecule has 0 aromatic carbocycles. The van der Waals surface area contributed by atoms with Crippen LogP contribution >= 0.6 is 0 Å². The zero-order chi connectivity index (χ0) is 37.1. The Hall–Kier alpha value is -1.15. The number of carbonyl (C=O) groups excluding carboxylic acids is 1. The van der Waals surface area contributed by atoms with Gasteiger partial charge in [-0.1, -0.05) is 59.6 Å². The molecule has 4 saturated carbocycles. The molecule has 5 aliphatic carbocycles. The van der Waals surface area contributed by atoms with E-state index >= 15 is 0 Å². The summed E-state index contributed by atoms with van der Waals surface area (Å²) in [5.41, 5.74) is -2.28. The van der Waals surface area contributed by atoms with Gasteiger partial charge in [-0.2, -0.15) is 0 Å². The van der Waals surface area contributed by atoms with Crippen LogP contribution in [-0.4, -0.2) is 105 Å². The molecule has 7 rings (SSSR count). The van der Waals surface area contributed by atoms with E-state index in [0.29, 0.717) is 44.6 Å². The fourth-order valence-electron chi connectivity index (χ4n) is 13.4. The van der Waals surface area contributed by atoms with E-state index in [1.807, 2.05) is 13.8 Å². The third-order valence-electron chi connectivity index (χ3n) is 16.7. The molecular formula is C40H64O11. The number of allylic oxidation sites excluding steroid dienone is 1. The number of carbonyl (C=O) groups is 1. The molecule has 0 aromatic rings. The van der Waals surface area contributed by atoms with Crippen molar-refractivity contribution >= 4 is 5.97 Å². The molecule has 0 unspecified atom stereocenters. The van der Waals surface area contributed by atoms with Crippen LogP contribution in [0.4, 0.5) is 0 Å². The van der Waals surface area contributed by atoms with E-state index in [1.165, 1.54) is 0 Å². The first-order valence-corrected chi connectivity index (χ1v) is 19.8. The van der Waals surface area contributed by atoms with E-state index < -0.39 is 66.3 Å². The Morgan fingerprint density at radius 3 is 2.33 bits per heavy atom. The molecule has 2 aliphatic heterocycles. The van der Waals surface area contributed by atoms with Gasteiger partial charge in [-0.25, -0.2) is 0 Å². The monoisotopic (exact) mass is 720 g/mol. The topological polar surface area (TPSA) is 175 Å². The van der Waals surface area contributed by atoms with Crippen molar-refractivity contribution in [3.8, 4) is 0 Å². The molecule has 18 atom stereocenters. The van der Waals surface area contributed by atoms with E-state index in [2.05, 4.69) is 40.7 Å². The van der Waals surface area contributed by atoms with Crippen molar-refractivity contribution in [1.82, 2.24) is 0 Å². The lowest BCUT2D eigenvalue weighted by Crippen LogP contribution is -2.71. The number of rotatable bonds is 5. The minimum absolute atomic E-state index is 0.0917. The molecule has 11 heteroatoms. The molecule has 2 heterocycles. The molecule has 6 fully saturated rings. The predicted octanol–water partition coefficient (Wildman–Crippen LogP) is 3.59. The second-order valence-electron chi connectivity index (χ2n) is 19.0. The van der Waals surface area contributed by atoms with Crippen LogP contribution < -0.4 is 0 Å². The predicted molar refractivity (Wildman–Crippen MR) is 186 cm³/mol. The first kappa shape index (κ1) is 38.1. The third kappa shape index (κ3) is 5.18. The molecule has 0 amide bonds. The standard InChI is InChI=1S/C40H64O11/c1-8-9-27-48-20-36(4)25-13-14-38(6)26(35(25,3)18-23(42)32(36)50-27)11-10-22-31-39(7,47)21(2)12-15-40(31,17-16-37(22,38)5)34(46)51-33-30(45)29(44)28(43)24(19-41)49-33/h10,21,23-33,41-45,47H,8-9,11-20H2,1-7H3/t21-,23-,24-,25-,26-,27-,28-,29+,30-,31-,32+,33+,35+,36+,37-,38-,39-,40+/m1/s1. The summed E-state index contributed by atoms with van der Waals surface area (Å²) in [4.78, 5) is 14.6. The molecule has 0 aromatic heterocycles. The van der Waals surface area contributed by atoms with Crippen molar-refractivity contribution in [3.05, 3.63) is 11.6 Å². The van der Waals surface area contributed by atoms with Gasteiger partial charge in [-0.3, -0.25) is 4.79 Å². The van der Waals surface area contributed by atoms with Crippen molar-refractivity contribution in [2.45, 2.75) is 167 Å². The molecule has 11 nitrogen and oxygen atoms in total. The van der Waals surface area contributed by atoms with Gasteiger partial charge in [-0.15, -0.1) is 0 Å². The van der Waals surface area contributed by atoms with Gasteiger partial charge in [0.1, 0.15) is 24.4 Å². The highest BCUT2D eigenvalue weighted by atomic mass is 16.7. The zero-order valence-electron chi connectivity index (χ0n) is 31.7. The maximum atomic E-state index is 14.6. The fourth-order valence-corrected chi connectivity index (χ4v) is 13.4. The van der Waals surface area contributed by atoms with Gasteiger partial charge in [0, 0.05) is 11.3 Å². The first-order chi connectivity index (χ1) is 23.9. The number of fused-ring (bicyclic) bond motifs is 9. The van der Waals surface area contributed by atoms with Crippen LogP contribution in [0.2, 0.25) is 0 Å². The third-order valence-corrected chi connectivity index (χ3v) is 16.7. The molecule has 51 heavy (non-hydrogen) atoms. The van der Waals surface area contributed by atoms with E-state index in [-0.39, 0.29) is 45.9 Å². The molecule has 0 bridgehead atoms. The minimum Gasteiger partial charge on any atom is -0.432 e. The molecule has 7 aliphatic rings. The molecule has 0 spiro atoms. The Morgan fingerprint density at radius 2 is 1.65 bits per heavy atom. The van der Waals surface area contributed by atoms with Gasteiger partial charge < -0.3 is 49.6 Å². The summed E-state index contributed by atoms with van der Waals surface area (Å²) in [6.07, 6.45) is 0.863. The Balaban J connectivity index is 1.24. The molecule has 2 saturated heterocycles. The quantitative estimate of drug-likeness (QED) is 0.181. The van der Waals surface area contributed by atoms with Gasteiger partial charge in [-0.05, 0) is 98.7 Å². The largest absolute Gasteiger partial charge is 0.432 e. The molecular weight excluding hydrogens is 656 g/mol. The SMILES string of the molecule is CCC[C@@H]1OC[C@@]2(C)[C@@H]3CC[C@]4(C)[C@H](CC=C5[C@H]6[C@](C(=O)O[C@@H]7O[C@H](CO)[C@@H](O)[C@H](O)[C@H]7O)(CC[C@@H](C)[C@@]6(C)O)CC[C@]54C)[C@@]3(C)C[C@@H](O)[C@@H]2O1. The van der Waals surface area contributed by atoms with E-state index in [1.54, 1.807) is 0 Å². The highest BCUT2D eigenvalue weighted by molar-refractivity contribution is 5.79. The Kier molecular flexibility index (Phi) is 9.50. The van der Waals surface area contributed by atoms with Crippen LogP contribution in [0.1, 0.15) is 113 Å². The Morgan fingerprint density at radius 1 is 0.922 bits per heavy atom. The lowest BCUT2D eigenvalue weighted by Gasteiger charge is -2.72. The van der Waals surface area contributed by atoms with Gasteiger partial charge in [0.25, 0.3) is 0 Å². The maximum absolute atomic E-state index is 14.6. The zero-order valence-corrected chi connectivity index (χ0v) is 31.7. The normalized spacial score (nSPS) is 56.7. The van der Waals surface area contributed by atoms with E-state index in [9.17, 15) is 35.4 Å². The van der Waals surface area contributed by atoms with Crippen LogP contribution in [0.15, 0.2) is 11.6 Å². The van der Waals surface area contributed by atoms with Gasteiger partial charge in [0.05, 0.1) is 36.4 Å². The molecule has 6 N–H and O–H groups in total. The smallest absolute Gasteiger partial charge is 0.315 e. The number of hydrogen-bond donors (Lipinski definition) is 6. The lowest BCUT2D eigenvalue weighted by atomic mass is 9.33. The second kappa shape index (κ2) is 12.7. The number of ether oxygens (including phenoxy) is 4. The summed E-state index contributed by atoms with van der Waals surface area (Å²) >= 11 is 0. The van der Waals surface area contributed by atoms with Gasteiger partial charge in [0.15, 0.2) is 6.29 Å². The van der Waals surface area contributed by atoms with Crippen LogP contribution in [0.5, 0.6) is 0 Å². The summed E-state index contributed by atoms with van der Waals surface area (Å²) in [6.45, 7) is 15.4. The summed E-state index contributed by atoms with van der Waals surface area (Å²) in [6, 6.07) is 0. The molecule has 290 valence electrons. The van der Waals surface area contributed by atoms with Gasteiger partial charge in [0.2, 0.25) is 6.29 Å². The Labute approximate surface area is 303 Å². The van der Waals surface area contributed by atoms with Crippen molar-refractivity contribution in [2.75, 3.05) is 13.2 Å². The summed E-state index contributed by atoms with van der Waals surface area (Å²) in [7, 11) is 0. The van der Waals surface area contributed by atoms with E-state index in [0.717, 1.165) is 37.7 Å². The average Bonchev–Trinajstić information content (AvgIpc) is 3.07. The van der Waals surface area contributed by atoms with Crippen molar-refractivity contribution < 1.29 is 54.4 Å². The van der Waals surface area contributed by atoms with Gasteiger partial charge >= 0.3 is 5.97 Å². The van der Waals surface area contributed by atoms with Crippen molar-refractivity contribution in [1.29, 1.82) is 0 Å². The molecule has 0 radical (unpaired) electrons. The highest BCUT2D eigenvalue weighted by Gasteiger charge is 2.73. The highest BCUT2D eigenvalue weighted by Crippen LogP contribution is 2.76. The maximum Gasteiger partial charge on any atom is 0.315 e. The van der Waals surface area contributed by atoms with Crippen molar-refractivity contribution in [3.63, 3.8) is 0 Å². The van der Waals surface area contributed by atoms with Crippen LogP contribution in [-0.2, 0) is 23.7 Å². The van der Waals surface area contributed by atoms with E-state index in [4.69, 9.17) is 18.9 Å². The number of esters is 1. The second-order valence-corrected chi connectivity index (χ2v) is 19.0. The lowest BCUT2D eigenvalue weighted by molar-refractivity contribution is -0.337. The summed E-state index contributed by atoms with van der Waals surface area (Å²) in [5.74, 6) is -0.694. The summed E-state index contributed by atoms with van der Waals surface area (Å²) in [5, 5.41) is 65.6. The average molecular weight is 721 g/mol. The van der Waals surface area contributed by atoms with Crippen molar-refractivity contribution in [2.24, 2.45) is 50.7 Å². The van der Waals surface area contributed by atoms with Crippen LogP contribution in [0, 0.1) is 50.7 Å². The number of aliphatic hydroxyl groups excluding tert-OH is 5. The minimum atomic E-state index is -1.70.